The second-order valence-corrected chi connectivity index (χ2v) is 9.77. The first-order chi connectivity index (χ1) is 11.0. The number of nitrogens with one attached hydrogen (secondary N) is 1. The van der Waals surface area contributed by atoms with Crippen molar-refractivity contribution in [3.8, 4) is 0 Å². The van der Waals surface area contributed by atoms with Crippen LogP contribution in [-0.4, -0.2) is 20.4 Å². The van der Waals surface area contributed by atoms with Gasteiger partial charge in [0.2, 0.25) is 0 Å². The van der Waals surface area contributed by atoms with Crippen LogP contribution in [-0.2, 0) is 16.2 Å². The maximum Gasteiger partial charge on any atom is 0.305 e. The van der Waals surface area contributed by atoms with Crippen LogP contribution in [0, 0.1) is 11.6 Å². The lowest BCUT2D eigenvalue weighted by Gasteiger charge is -2.28. The van der Waals surface area contributed by atoms with Crippen molar-refractivity contribution < 1.29 is 23.2 Å². The smallest absolute Gasteiger partial charge is 0.305 e. The molecule has 2 atom stereocenters. The van der Waals surface area contributed by atoms with E-state index in [-0.39, 0.29) is 16.0 Å². The van der Waals surface area contributed by atoms with E-state index in [1.807, 2.05) is 0 Å². The quantitative estimate of drug-likeness (QED) is 0.531. The highest BCUT2D eigenvalue weighted by molar-refractivity contribution is 9.10. The van der Waals surface area contributed by atoms with Crippen molar-refractivity contribution >= 4 is 33.3 Å². The Morgan fingerprint density at radius 2 is 2.04 bits per heavy atom. The van der Waals surface area contributed by atoms with E-state index in [0.29, 0.717) is 5.56 Å². The third-order valence-electron chi connectivity index (χ3n) is 3.77. The molecule has 4 nitrogen and oxygen atoms in total. The van der Waals surface area contributed by atoms with Crippen LogP contribution in [0.25, 0.3) is 0 Å². The van der Waals surface area contributed by atoms with Crippen LogP contribution in [0.15, 0.2) is 10.5 Å². The maximum atomic E-state index is 14.9. The molecule has 0 heterocycles. The molecule has 1 aromatic rings. The molecule has 134 valence electrons. The molecule has 8 heteroatoms. The summed E-state index contributed by atoms with van der Waals surface area (Å²) >= 11 is 1.40. The molecule has 0 saturated heterocycles. The van der Waals surface area contributed by atoms with Gasteiger partial charge in [-0.2, -0.15) is 0 Å². The van der Waals surface area contributed by atoms with Gasteiger partial charge in [0.15, 0.2) is 0 Å². The average Bonchev–Trinajstić information content (AvgIpc) is 3.25. The van der Waals surface area contributed by atoms with Gasteiger partial charge in [0, 0.05) is 16.9 Å². The summed E-state index contributed by atoms with van der Waals surface area (Å²) < 4.78 is 43.7. The summed E-state index contributed by atoms with van der Waals surface area (Å²) in [5.41, 5.74) is 0.00304. The lowest BCUT2D eigenvalue weighted by Crippen LogP contribution is -2.42. The van der Waals surface area contributed by atoms with Crippen LogP contribution < -0.4 is 4.72 Å². The standard InChI is InChI=1S/C16H20BrF2NO3S/c1-16(2,3)24(23)20-11(7-12(21)22)13-14(18)9(8-4-5-8)6-10(17)15(13)19/h6,8,11,20H,4-5,7H2,1-3H3,(H,21,22)/t11-,24+/m0/s1. The predicted molar refractivity (Wildman–Crippen MR) is 92.1 cm³/mol. The molecule has 2 rings (SSSR count). The number of carboxylic acid groups (broad SMARTS) is 1. The van der Waals surface area contributed by atoms with E-state index in [4.69, 9.17) is 5.11 Å². The first-order valence-corrected chi connectivity index (χ1v) is 9.53. The van der Waals surface area contributed by atoms with E-state index in [0.717, 1.165) is 12.8 Å². The highest BCUT2D eigenvalue weighted by atomic mass is 79.9. The SMILES string of the molecule is CC(C)(C)[S@@+]([O-])N[C@@H](CC(=O)O)c1c(F)c(Br)cc(C2CC2)c1F. The fraction of sp³-hybridized carbons (Fsp3) is 0.562. The van der Waals surface area contributed by atoms with Crippen LogP contribution >= 0.6 is 15.9 Å². The van der Waals surface area contributed by atoms with Gasteiger partial charge in [-0.25, -0.2) is 8.78 Å². The normalized spacial score (nSPS) is 17.6. The molecular formula is C16H20BrF2NO3S. The number of benzene rings is 1. The Bertz CT molecular complexity index is 647. The van der Waals surface area contributed by atoms with Gasteiger partial charge in [0.25, 0.3) is 0 Å². The summed E-state index contributed by atoms with van der Waals surface area (Å²) in [4.78, 5) is 11.2. The highest BCUT2D eigenvalue weighted by Gasteiger charge is 2.36. The molecule has 1 aliphatic rings. The fourth-order valence-electron chi connectivity index (χ4n) is 2.32. The Kier molecular flexibility index (Phi) is 5.95. The molecule has 2 N–H and O–H groups in total. The summed E-state index contributed by atoms with van der Waals surface area (Å²) in [7, 11) is 0. The minimum atomic E-state index is -1.67. The van der Waals surface area contributed by atoms with Gasteiger partial charge in [0.05, 0.1) is 16.9 Å². The number of hydrogen-bond donors (Lipinski definition) is 2. The van der Waals surface area contributed by atoms with Crippen LogP contribution in [0.4, 0.5) is 8.78 Å². The van der Waals surface area contributed by atoms with Crippen LogP contribution in [0.2, 0.25) is 0 Å². The lowest BCUT2D eigenvalue weighted by atomic mass is 9.98. The van der Waals surface area contributed by atoms with E-state index in [9.17, 15) is 18.1 Å². The van der Waals surface area contributed by atoms with Gasteiger partial charge in [-0.15, -0.1) is 4.72 Å². The number of hydrogen-bond acceptors (Lipinski definition) is 3. The fourth-order valence-corrected chi connectivity index (χ4v) is 3.60. The second kappa shape index (κ2) is 7.27. The highest BCUT2D eigenvalue weighted by Crippen LogP contribution is 2.44. The molecule has 0 bridgehead atoms. The molecule has 0 spiro atoms. The Balaban J connectivity index is 2.47. The van der Waals surface area contributed by atoms with E-state index in [1.165, 1.54) is 6.07 Å². The lowest BCUT2D eigenvalue weighted by molar-refractivity contribution is -0.137. The summed E-state index contributed by atoms with van der Waals surface area (Å²) in [6.45, 7) is 5.07. The number of halogens is 3. The van der Waals surface area contributed by atoms with E-state index < -0.39 is 46.2 Å². The van der Waals surface area contributed by atoms with Gasteiger partial charge in [-0.1, -0.05) is 0 Å². The molecule has 0 aliphatic heterocycles. The van der Waals surface area contributed by atoms with Gasteiger partial charge in [-0.05, 0) is 67.1 Å². The molecule has 0 unspecified atom stereocenters. The zero-order valence-corrected chi connectivity index (χ0v) is 16.1. The summed E-state index contributed by atoms with van der Waals surface area (Å²) in [6.07, 6.45) is 1.06. The zero-order chi connectivity index (χ0) is 18.2. The molecular weight excluding hydrogens is 404 g/mol. The van der Waals surface area contributed by atoms with Crippen molar-refractivity contribution in [2.75, 3.05) is 0 Å². The zero-order valence-electron chi connectivity index (χ0n) is 13.7. The Hall–Kier alpha value is -0.700. The van der Waals surface area contributed by atoms with Crippen LogP contribution in [0.5, 0.6) is 0 Å². The topological polar surface area (TPSA) is 72.4 Å². The van der Waals surface area contributed by atoms with E-state index in [1.54, 1.807) is 20.8 Å². The summed E-state index contributed by atoms with van der Waals surface area (Å²) in [5, 5.41) is 9.11. The van der Waals surface area contributed by atoms with Gasteiger partial charge >= 0.3 is 5.97 Å². The monoisotopic (exact) mass is 423 g/mol. The molecule has 24 heavy (non-hydrogen) atoms. The number of carbonyl (C=O) groups is 1. The largest absolute Gasteiger partial charge is 0.598 e. The van der Waals surface area contributed by atoms with Gasteiger partial charge in [-0.3, -0.25) is 4.79 Å². The molecule has 1 saturated carbocycles. The van der Waals surface area contributed by atoms with Crippen molar-refractivity contribution in [1.82, 2.24) is 4.72 Å². The average molecular weight is 424 g/mol. The maximum absolute atomic E-state index is 14.9. The molecule has 0 aromatic heterocycles. The molecule has 0 radical (unpaired) electrons. The first-order valence-electron chi connectivity index (χ1n) is 7.59. The number of aliphatic carboxylic acids is 1. The summed E-state index contributed by atoms with van der Waals surface area (Å²) in [6, 6.07) is 0.183. The van der Waals surface area contributed by atoms with Crippen molar-refractivity contribution in [3.05, 3.63) is 33.3 Å². The van der Waals surface area contributed by atoms with Crippen LogP contribution in [0.1, 0.15) is 63.1 Å². The number of rotatable bonds is 6. The Morgan fingerprint density at radius 1 is 1.46 bits per heavy atom. The molecule has 1 fully saturated rings. The van der Waals surface area contributed by atoms with Crippen LogP contribution in [0.3, 0.4) is 0 Å². The third-order valence-corrected chi connectivity index (χ3v) is 5.96. The van der Waals surface area contributed by atoms with Crippen molar-refractivity contribution in [3.63, 3.8) is 0 Å². The second-order valence-electron chi connectivity index (χ2n) is 6.91. The predicted octanol–water partition coefficient (Wildman–Crippen LogP) is 4.17. The Morgan fingerprint density at radius 3 is 2.50 bits per heavy atom. The van der Waals surface area contributed by atoms with Crippen molar-refractivity contribution in [2.45, 2.75) is 56.7 Å². The summed E-state index contributed by atoms with van der Waals surface area (Å²) in [5.74, 6) is -2.81. The molecule has 1 aromatic carbocycles. The third kappa shape index (κ3) is 4.47. The Labute approximate surface area is 151 Å². The van der Waals surface area contributed by atoms with E-state index >= 15 is 0 Å². The molecule has 1 aliphatic carbocycles. The van der Waals surface area contributed by atoms with E-state index in [2.05, 4.69) is 20.7 Å². The van der Waals surface area contributed by atoms with Gasteiger partial charge < -0.3 is 9.66 Å². The minimum absolute atomic E-state index is 0.0271. The van der Waals surface area contributed by atoms with Crippen molar-refractivity contribution in [1.29, 1.82) is 0 Å². The number of carboxylic acids is 1. The van der Waals surface area contributed by atoms with Gasteiger partial charge in [0.1, 0.15) is 16.4 Å². The van der Waals surface area contributed by atoms with Crippen molar-refractivity contribution in [2.24, 2.45) is 0 Å². The molecule has 0 amide bonds. The minimum Gasteiger partial charge on any atom is -0.598 e. The first kappa shape index (κ1) is 19.6.